The lowest BCUT2D eigenvalue weighted by Gasteiger charge is -2.17. The number of carbonyl (C=O) groups excluding carboxylic acids is 1. The van der Waals surface area contributed by atoms with Gasteiger partial charge in [-0.05, 0) is 61.1 Å². The molecule has 0 amide bonds. The second kappa shape index (κ2) is 6.70. The Bertz CT molecular complexity index is 1440. The number of hydrogen-bond donors (Lipinski definition) is 1. The first kappa shape index (κ1) is 18.4. The van der Waals surface area contributed by atoms with E-state index in [9.17, 15) is 14.7 Å². The average Bonchev–Trinajstić information content (AvgIpc) is 2.74. The van der Waals surface area contributed by atoms with Crippen molar-refractivity contribution in [2.45, 2.75) is 13.8 Å². The van der Waals surface area contributed by atoms with E-state index in [0.717, 1.165) is 43.1 Å². The number of benzene rings is 5. The molecule has 0 aliphatic rings. The summed E-state index contributed by atoms with van der Waals surface area (Å²) < 4.78 is 5.49. The Morgan fingerprint density at radius 1 is 0.733 bits per heavy atom. The Morgan fingerprint density at radius 2 is 1.20 bits per heavy atom. The number of carbonyl (C=O) groups is 2. The van der Waals surface area contributed by atoms with Crippen molar-refractivity contribution in [3.05, 3.63) is 71.8 Å². The van der Waals surface area contributed by atoms with Crippen molar-refractivity contribution in [3.63, 3.8) is 0 Å². The highest BCUT2D eigenvalue weighted by Gasteiger charge is 2.20. The molecule has 4 nitrogen and oxygen atoms in total. The molecule has 0 unspecified atom stereocenters. The summed E-state index contributed by atoms with van der Waals surface area (Å²) in [5.41, 5.74) is 0.842. The van der Waals surface area contributed by atoms with Crippen LogP contribution in [0, 0.1) is 5.92 Å². The predicted molar refractivity (Wildman–Crippen MR) is 120 cm³/mol. The van der Waals surface area contributed by atoms with E-state index in [-0.39, 0.29) is 11.9 Å². The summed E-state index contributed by atoms with van der Waals surface area (Å²) >= 11 is 0. The Balaban J connectivity index is 1.89. The summed E-state index contributed by atoms with van der Waals surface area (Å²) in [6, 6.07) is 19.0. The topological polar surface area (TPSA) is 63.6 Å². The molecule has 0 saturated heterocycles. The van der Waals surface area contributed by atoms with E-state index in [1.807, 2.05) is 68.4 Å². The molecule has 5 aromatic carbocycles. The molecule has 5 aromatic rings. The molecule has 0 aliphatic carbocycles. The Hall–Kier alpha value is -3.66. The second-order valence-corrected chi connectivity index (χ2v) is 8.08. The van der Waals surface area contributed by atoms with Crippen LogP contribution >= 0.6 is 0 Å². The van der Waals surface area contributed by atoms with Gasteiger partial charge in [-0.25, -0.2) is 9.59 Å². The minimum Gasteiger partial charge on any atom is -0.478 e. The van der Waals surface area contributed by atoms with Crippen molar-refractivity contribution in [1.82, 2.24) is 0 Å². The number of fused-ring (bicyclic) bond motifs is 2. The van der Waals surface area contributed by atoms with Crippen LogP contribution in [-0.4, -0.2) is 23.7 Å². The van der Waals surface area contributed by atoms with Gasteiger partial charge in [0.15, 0.2) is 0 Å². The first-order valence-electron chi connectivity index (χ1n) is 10.00. The predicted octanol–water partition coefficient (Wildman–Crippen LogP) is 6.25. The molecule has 0 saturated carbocycles. The van der Waals surface area contributed by atoms with Crippen LogP contribution in [0.25, 0.3) is 43.1 Å². The summed E-state index contributed by atoms with van der Waals surface area (Å²) in [6.07, 6.45) is 0. The SMILES string of the molecule is CC(C)COC(=O)c1ccc2c3cccc4c(C(=O)O)ccc(c5cccc1c52)c43. The van der Waals surface area contributed by atoms with Gasteiger partial charge >= 0.3 is 11.9 Å². The number of carboxylic acids is 1. The van der Waals surface area contributed by atoms with Crippen molar-refractivity contribution < 1.29 is 19.4 Å². The molecule has 0 aliphatic heterocycles. The first-order valence-corrected chi connectivity index (χ1v) is 10.00. The van der Waals surface area contributed by atoms with Crippen molar-refractivity contribution in [3.8, 4) is 0 Å². The third-order valence-electron chi connectivity index (χ3n) is 5.66. The maximum atomic E-state index is 12.8. The van der Waals surface area contributed by atoms with Crippen molar-refractivity contribution in [2.24, 2.45) is 5.92 Å². The van der Waals surface area contributed by atoms with E-state index in [4.69, 9.17) is 4.74 Å². The van der Waals surface area contributed by atoms with Crippen LogP contribution < -0.4 is 0 Å². The molecule has 0 atom stereocenters. The molecule has 0 heterocycles. The summed E-state index contributed by atoms with van der Waals surface area (Å²) in [6.45, 7) is 4.39. The van der Waals surface area contributed by atoms with Crippen molar-refractivity contribution >= 4 is 55.0 Å². The zero-order valence-electron chi connectivity index (χ0n) is 16.7. The fourth-order valence-electron chi connectivity index (χ4n) is 4.40. The lowest BCUT2D eigenvalue weighted by atomic mass is 9.87. The monoisotopic (exact) mass is 396 g/mol. The largest absolute Gasteiger partial charge is 0.478 e. The summed E-state index contributed by atoms with van der Waals surface area (Å²) in [7, 11) is 0. The van der Waals surface area contributed by atoms with Crippen LogP contribution in [0.1, 0.15) is 34.6 Å². The van der Waals surface area contributed by atoms with Gasteiger partial charge in [0.1, 0.15) is 0 Å². The van der Waals surface area contributed by atoms with E-state index in [1.54, 1.807) is 6.07 Å². The minimum atomic E-state index is -0.939. The molecule has 0 spiro atoms. The third kappa shape index (κ3) is 2.61. The van der Waals surface area contributed by atoms with Crippen molar-refractivity contribution in [1.29, 1.82) is 0 Å². The number of rotatable bonds is 4. The van der Waals surface area contributed by atoms with E-state index in [2.05, 4.69) is 0 Å². The molecule has 0 fully saturated rings. The van der Waals surface area contributed by atoms with Crippen LogP contribution in [0.15, 0.2) is 60.7 Å². The fourth-order valence-corrected chi connectivity index (χ4v) is 4.40. The number of aromatic carboxylic acids is 1. The lowest BCUT2D eigenvalue weighted by molar-refractivity contribution is 0.0461. The molecule has 148 valence electrons. The molecule has 4 heteroatoms. The molecule has 30 heavy (non-hydrogen) atoms. The summed E-state index contributed by atoms with van der Waals surface area (Å²) in [5.74, 6) is -0.995. The van der Waals surface area contributed by atoms with Gasteiger partial charge in [0, 0.05) is 0 Å². The number of hydrogen-bond acceptors (Lipinski definition) is 3. The second-order valence-electron chi connectivity index (χ2n) is 8.08. The Kier molecular flexibility index (Phi) is 4.10. The van der Waals surface area contributed by atoms with Crippen LogP contribution in [-0.2, 0) is 4.74 Å². The van der Waals surface area contributed by atoms with Crippen LogP contribution in [0.2, 0.25) is 0 Å². The highest BCUT2D eigenvalue weighted by atomic mass is 16.5. The average molecular weight is 396 g/mol. The van der Waals surface area contributed by atoms with Gasteiger partial charge in [-0.1, -0.05) is 62.4 Å². The molecular formula is C26H20O4. The highest BCUT2D eigenvalue weighted by Crippen LogP contribution is 2.41. The van der Waals surface area contributed by atoms with Gasteiger partial charge in [0.05, 0.1) is 17.7 Å². The van der Waals surface area contributed by atoms with Gasteiger partial charge in [-0.2, -0.15) is 0 Å². The number of ether oxygens (including phenoxy) is 1. The summed E-state index contributed by atoms with van der Waals surface area (Å²) in [4.78, 5) is 24.5. The van der Waals surface area contributed by atoms with Crippen LogP contribution in [0.5, 0.6) is 0 Å². The van der Waals surface area contributed by atoms with Crippen LogP contribution in [0.4, 0.5) is 0 Å². The lowest BCUT2D eigenvalue weighted by Crippen LogP contribution is -2.10. The van der Waals surface area contributed by atoms with Crippen molar-refractivity contribution in [2.75, 3.05) is 6.61 Å². The van der Waals surface area contributed by atoms with Gasteiger partial charge in [-0.3, -0.25) is 0 Å². The maximum Gasteiger partial charge on any atom is 0.338 e. The van der Waals surface area contributed by atoms with E-state index < -0.39 is 5.97 Å². The molecule has 0 aromatic heterocycles. The zero-order chi connectivity index (χ0) is 21.0. The Morgan fingerprint density at radius 3 is 1.73 bits per heavy atom. The van der Waals surface area contributed by atoms with E-state index in [0.29, 0.717) is 17.7 Å². The molecular weight excluding hydrogens is 376 g/mol. The molecule has 5 rings (SSSR count). The minimum absolute atomic E-state index is 0.266. The number of esters is 1. The quantitative estimate of drug-likeness (QED) is 0.222. The first-order chi connectivity index (χ1) is 14.5. The molecule has 0 radical (unpaired) electrons. The summed E-state index contributed by atoms with van der Waals surface area (Å²) in [5, 5.41) is 17.1. The van der Waals surface area contributed by atoms with E-state index in [1.165, 1.54) is 0 Å². The number of carboxylic acid groups (broad SMARTS) is 1. The highest BCUT2D eigenvalue weighted by molar-refractivity contribution is 6.35. The zero-order valence-corrected chi connectivity index (χ0v) is 16.7. The van der Waals surface area contributed by atoms with Gasteiger partial charge in [0.25, 0.3) is 0 Å². The smallest absolute Gasteiger partial charge is 0.338 e. The molecule has 0 bridgehead atoms. The normalized spacial score (nSPS) is 11.8. The van der Waals surface area contributed by atoms with Gasteiger partial charge < -0.3 is 9.84 Å². The van der Waals surface area contributed by atoms with Gasteiger partial charge in [0.2, 0.25) is 0 Å². The Labute approximate surface area is 173 Å². The standard InChI is InChI=1S/C26H20O4/c1-14(2)13-30-26(29)22-12-10-20-15-5-3-7-17-21(25(27)28)11-9-19(23(15)17)16-6-4-8-18(22)24(16)20/h3-12,14H,13H2,1-2H3,(H,27,28). The molecule has 1 N–H and O–H groups in total. The maximum absolute atomic E-state index is 12.8. The van der Waals surface area contributed by atoms with Gasteiger partial charge in [-0.15, -0.1) is 0 Å². The fraction of sp³-hybridized carbons (Fsp3) is 0.154. The third-order valence-corrected chi connectivity index (χ3v) is 5.66. The van der Waals surface area contributed by atoms with Crippen LogP contribution in [0.3, 0.4) is 0 Å². The van der Waals surface area contributed by atoms with E-state index >= 15 is 0 Å².